The summed E-state index contributed by atoms with van der Waals surface area (Å²) in [6.07, 6.45) is 7.50. The number of aromatic nitrogens is 2. The van der Waals surface area contributed by atoms with Crippen LogP contribution in [0.1, 0.15) is 30.6 Å². The van der Waals surface area contributed by atoms with Crippen LogP contribution in [0.3, 0.4) is 0 Å². The van der Waals surface area contributed by atoms with E-state index in [2.05, 4.69) is 21.0 Å². The number of likely N-dealkylation sites (tertiary alicyclic amines) is 1. The Morgan fingerprint density at radius 3 is 3.21 bits per heavy atom. The normalized spacial score (nSPS) is 22.4. The highest BCUT2D eigenvalue weighted by Crippen LogP contribution is 2.29. The Kier molecular flexibility index (Phi) is 2.51. The molecule has 0 saturated carbocycles. The minimum atomic E-state index is 0.229. The van der Waals surface area contributed by atoms with Crippen molar-refractivity contribution in [1.82, 2.24) is 15.0 Å². The van der Waals surface area contributed by atoms with Gasteiger partial charge in [0.25, 0.3) is 0 Å². The summed E-state index contributed by atoms with van der Waals surface area (Å²) in [6.45, 7) is 3.51. The Balaban J connectivity index is 2.14. The predicted octanol–water partition coefficient (Wildman–Crippen LogP) is 1.15. The van der Waals surface area contributed by atoms with Gasteiger partial charge in [-0.2, -0.15) is 4.98 Å². The molecule has 4 heteroatoms. The van der Waals surface area contributed by atoms with Crippen molar-refractivity contribution in [3.05, 3.63) is 11.7 Å². The number of hydrogen-bond acceptors (Lipinski definition) is 4. The molecule has 1 unspecified atom stereocenters. The van der Waals surface area contributed by atoms with Crippen molar-refractivity contribution in [3.8, 4) is 12.3 Å². The van der Waals surface area contributed by atoms with E-state index < -0.39 is 0 Å². The first kappa shape index (κ1) is 9.22. The maximum absolute atomic E-state index is 5.30. The van der Waals surface area contributed by atoms with E-state index in [1.165, 1.54) is 0 Å². The van der Waals surface area contributed by atoms with Crippen molar-refractivity contribution < 1.29 is 4.52 Å². The third kappa shape index (κ3) is 1.64. The second kappa shape index (κ2) is 3.81. The molecule has 2 heterocycles. The van der Waals surface area contributed by atoms with Gasteiger partial charge in [0.05, 0.1) is 12.6 Å². The summed E-state index contributed by atoms with van der Waals surface area (Å²) < 4.78 is 5.15. The van der Waals surface area contributed by atoms with Crippen LogP contribution in [-0.2, 0) is 0 Å². The molecule has 0 spiro atoms. The number of nitrogens with zero attached hydrogens (tertiary/aromatic N) is 3. The Bertz CT molecular complexity index is 352. The molecule has 1 aliphatic heterocycles. The third-order valence-corrected chi connectivity index (χ3v) is 2.49. The Labute approximate surface area is 83.3 Å². The highest BCUT2D eigenvalue weighted by atomic mass is 16.5. The fourth-order valence-corrected chi connectivity index (χ4v) is 1.86. The second-order valence-electron chi connectivity index (χ2n) is 3.51. The summed E-state index contributed by atoms with van der Waals surface area (Å²) in [6, 6.07) is 0.229. The SMILES string of the molecule is C#CCN1CCCC1c1nc(C)no1. The Morgan fingerprint density at radius 1 is 1.71 bits per heavy atom. The number of rotatable bonds is 2. The maximum atomic E-state index is 5.30. The zero-order valence-corrected chi connectivity index (χ0v) is 8.23. The molecule has 1 saturated heterocycles. The van der Waals surface area contributed by atoms with Crippen LogP contribution >= 0.6 is 0 Å². The predicted molar refractivity (Wildman–Crippen MR) is 51.4 cm³/mol. The summed E-state index contributed by atoms with van der Waals surface area (Å²) in [5.74, 6) is 4.04. The van der Waals surface area contributed by atoms with E-state index in [-0.39, 0.29) is 6.04 Å². The van der Waals surface area contributed by atoms with Gasteiger partial charge in [0.2, 0.25) is 5.89 Å². The van der Waals surface area contributed by atoms with Crippen molar-refractivity contribution in [3.63, 3.8) is 0 Å². The first-order valence-corrected chi connectivity index (χ1v) is 4.79. The lowest BCUT2D eigenvalue weighted by molar-refractivity contribution is 0.228. The van der Waals surface area contributed by atoms with Gasteiger partial charge in [-0.15, -0.1) is 6.42 Å². The zero-order chi connectivity index (χ0) is 9.97. The summed E-state index contributed by atoms with van der Waals surface area (Å²) in [5, 5.41) is 3.79. The van der Waals surface area contributed by atoms with Gasteiger partial charge in [0.15, 0.2) is 5.82 Å². The zero-order valence-electron chi connectivity index (χ0n) is 8.23. The molecule has 0 radical (unpaired) electrons. The fourth-order valence-electron chi connectivity index (χ4n) is 1.86. The van der Waals surface area contributed by atoms with E-state index in [1.807, 2.05) is 6.92 Å². The molecule has 14 heavy (non-hydrogen) atoms. The fraction of sp³-hybridized carbons (Fsp3) is 0.600. The summed E-state index contributed by atoms with van der Waals surface area (Å²) in [5.41, 5.74) is 0. The average molecular weight is 191 g/mol. The van der Waals surface area contributed by atoms with Crippen LogP contribution in [0, 0.1) is 19.3 Å². The largest absolute Gasteiger partial charge is 0.338 e. The molecule has 4 nitrogen and oxygen atoms in total. The van der Waals surface area contributed by atoms with Gasteiger partial charge in [-0.05, 0) is 26.3 Å². The third-order valence-electron chi connectivity index (χ3n) is 2.49. The first-order valence-electron chi connectivity index (χ1n) is 4.79. The lowest BCUT2D eigenvalue weighted by Crippen LogP contribution is -2.23. The average Bonchev–Trinajstić information content (AvgIpc) is 2.74. The maximum Gasteiger partial charge on any atom is 0.244 e. The summed E-state index contributed by atoms with van der Waals surface area (Å²) in [7, 11) is 0. The molecule has 0 bridgehead atoms. The van der Waals surface area contributed by atoms with Crippen molar-refractivity contribution >= 4 is 0 Å². The van der Waals surface area contributed by atoms with Crippen LogP contribution in [0.5, 0.6) is 0 Å². The van der Waals surface area contributed by atoms with Crippen molar-refractivity contribution in [2.75, 3.05) is 13.1 Å². The minimum Gasteiger partial charge on any atom is -0.338 e. The van der Waals surface area contributed by atoms with Crippen LogP contribution in [0.4, 0.5) is 0 Å². The lowest BCUT2D eigenvalue weighted by Gasteiger charge is -2.17. The van der Waals surface area contributed by atoms with E-state index in [1.54, 1.807) is 0 Å². The molecule has 1 aromatic heterocycles. The summed E-state index contributed by atoms with van der Waals surface area (Å²) in [4.78, 5) is 6.44. The molecule has 74 valence electrons. The summed E-state index contributed by atoms with van der Waals surface area (Å²) >= 11 is 0. The number of aryl methyl sites for hydroxylation is 1. The van der Waals surface area contributed by atoms with Crippen LogP contribution in [0.15, 0.2) is 4.52 Å². The van der Waals surface area contributed by atoms with Gasteiger partial charge in [0, 0.05) is 0 Å². The van der Waals surface area contributed by atoms with Crippen LogP contribution in [-0.4, -0.2) is 28.1 Å². The standard InChI is InChI=1S/C10H13N3O/c1-3-6-13-7-4-5-9(13)10-11-8(2)12-14-10/h1,9H,4-7H2,2H3. The molecule has 0 N–H and O–H groups in total. The van der Waals surface area contributed by atoms with Gasteiger partial charge in [-0.1, -0.05) is 11.1 Å². The van der Waals surface area contributed by atoms with E-state index in [4.69, 9.17) is 10.9 Å². The topological polar surface area (TPSA) is 42.2 Å². The minimum absolute atomic E-state index is 0.229. The lowest BCUT2D eigenvalue weighted by atomic mass is 10.2. The van der Waals surface area contributed by atoms with Gasteiger partial charge < -0.3 is 4.52 Å². The van der Waals surface area contributed by atoms with Gasteiger partial charge in [0.1, 0.15) is 0 Å². The molecule has 1 aromatic rings. The van der Waals surface area contributed by atoms with Crippen molar-refractivity contribution in [1.29, 1.82) is 0 Å². The van der Waals surface area contributed by atoms with Gasteiger partial charge >= 0.3 is 0 Å². The second-order valence-corrected chi connectivity index (χ2v) is 3.51. The quantitative estimate of drug-likeness (QED) is 0.657. The van der Waals surface area contributed by atoms with Crippen LogP contribution < -0.4 is 0 Å². The highest BCUT2D eigenvalue weighted by Gasteiger charge is 2.29. The first-order chi connectivity index (χ1) is 6.81. The highest BCUT2D eigenvalue weighted by molar-refractivity contribution is 4.99. The van der Waals surface area contributed by atoms with Crippen molar-refractivity contribution in [2.45, 2.75) is 25.8 Å². The van der Waals surface area contributed by atoms with Crippen LogP contribution in [0.2, 0.25) is 0 Å². The van der Waals surface area contributed by atoms with Crippen molar-refractivity contribution in [2.24, 2.45) is 0 Å². The molecule has 0 aromatic carbocycles. The Morgan fingerprint density at radius 2 is 2.57 bits per heavy atom. The van der Waals surface area contributed by atoms with E-state index >= 15 is 0 Å². The number of hydrogen-bond donors (Lipinski definition) is 0. The van der Waals surface area contributed by atoms with E-state index in [0.29, 0.717) is 18.3 Å². The van der Waals surface area contributed by atoms with Gasteiger partial charge in [-0.3, -0.25) is 4.90 Å². The van der Waals surface area contributed by atoms with Crippen LogP contribution in [0.25, 0.3) is 0 Å². The smallest absolute Gasteiger partial charge is 0.244 e. The molecule has 1 aliphatic rings. The molecule has 2 rings (SSSR count). The van der Waals surface area contributed by atoms with E-state index in [9.17, 15) is 0 Å². The molecular formula is C10H13N3O. The Hall–Kier alpha value is -1.34. The molecular weight excluding hydrogens is 178 g/mol. The number of terminal acetylenes is 1. The molecule has 0 aliphatic carbocycles. The molecule has 1 atom stereocenters. The molecule has 1 fully saturated rings. The van der Waals surface area contributed by atoms with E-state index in [0.717, 1.165) is 19.4 Å². The monoisotopic (exact) mass is 191 g/mol. The molecule has 0 amide bonds. The van der Waals surface area contributed by atoms with Gasteiger partial charge in [-0.25, -0.2) is 0 Å².